The summed E-state index contributed by atoms with van der Waals surface area (Å²) in [4.78, 5) is 10.2. The minimum Gasteiger partial charge on any atom is -0.477 e. The van der Waals surface area contributed by atoms with Crippen LogP contribution in [0.5, 0.6) is 0 Å². The molecule has 1 heterocycles. The number of hydrogen-bond acceptors (Lipinski definition) is 4. The largest absolute Gasteiger partial charge is 0.477 e. The summed E-state index contributed by atoms with van der Waals surface area (Å²) in [5, 5.41) is 8.57. The van der Waals surface area contributed by atoms with Crippen LogP contribution in [0, 0.1) is 0 Å². The normalized spacial score (nSPS) is 12.9. The highest BCUT2D eigenvalue weighted by Crippen LogP contribution is 2.24. The molecule has 1 rings (SSSR count). The number of nitrogens with one attached hydrogen (secondary N) is 1. The first-order chi connectivity index (χ1) is 8.56. The molecule has 0 bridgehead atoms. The van der Waals surface area contributed by atoms with Crippen molar-refractivity contribution in [2.75, 3.05) is 6.54 Å². The van der Waals surface area contributed by atoms with Gasteiger partial charge in [0.2, 0.25) is 10.0 Å². The first-order valence-electron chi connectivity index (χ1n) is 4.55. The van der Waals surface area contributed by atoms with Crippen molar-refractivity contribution in [3.63, 3.8) is 0 Å². The van der Waals surface area contributed by atoms with Crippen LogP contribution in [0.25, 0.3) is 0 Å². The molecule has 108 valence electrons. The summed E-state index contributed by atoms with van der Waals surface area (Å²) in [7, 11) is -4.45. The van der Waals surface area contributed by atoms with E-state index in [-0.39, 0.29) is 4.88 Å². The lowest BCUT2D eigenvalue weighted by Gasteiger charge is -2.15. The minimum atomic E-state index is -4.50. The number of aromatic carboxylic acids is 1. The van der Waals surface area contributed by atoms with Crippen molar-refractivity contribution >= 4 is 27.3 Å². The third-order valence-electron chi connectivity index (χ3n) is 1.87. The van der Waals surface area contributed by atoms with E-state index in [4.69, 9.17) is 5.11 Å². The predicted octanol–water partition coefficient (Wildman–Crippen LogP) is 1.62. The average molecular weight is 321 g/mol. The molecule has 2 N–H and O–H groups in total. The Morgan fingerprint density at radius 1 is 1.42 bits per heavy atom. The second-order valence-electron chi connectivity index (χ2n) is 3.31. The van der Waals surface area contributed by atoms with Crippen molar-refractivity contribution in [1.29, 1.82) is 0 Å². The van der Waals surface area contributed by atoms with Gasteiger partial charge in [-0.15, -0.1) is 11.3 Å². The van der Waals surface area contributed by atoms with Crippen LogP contribution in [-0.4, -0.2) is 38.4 Å². The smallest absolute Gasteiger partial charge is 0.345 e. The highest BCUT2D eigenvalue weighted by molar-refractivity contribution is 7.91. The zero-order valence-electron chi connectivity index (χ0n) is 8.94. The first kappa shape index (κ1) is 15.9. The van der Waals surface area contributed by atoms with Gasteiger partial charge in [-0.3, -0.25) is 0 Å². The standard InChI is InChI=1S/C8H7F4NO4S2/c9-7(10)8(11,12)3-13-19(16,17)5-2-1-4(18-5)6(14)15/h1-2,7,13H,3H2,(H,14,15). The molecule has 1 aromatic rings. The number of carbonyl (C=O) groups is 1. The molecule has 0 aliphatic heterocycles. The molecule has 0 atom stereocenters. The van der Waals surface area contributed by atoms with Crippen molar-refractivity contribution in [3.8, 4) is 0 Å². The lowest BCUT2D eigenvalue weighted by molar-refractivity contribution is -0.122. The Kier molecular flexibility index (Phi) is 4.53. The Bertz CT molecular complexity index is 569. The van der Waals surface area contributed by atoms with Gasteiger partial charge in [0, 0.05) is 0 Å². The van der Waals surface area contributed by atoms with E-state index in [1.807, 2.05) is 0 Å². The molecule has 11 heteroatoms. The van der Waals surface area contributed by atoms with Gasteiger partial charge in [-0.05, 0) is 12.1 Å². The Hall–Kier alpha value is -1.20. The van der Waals surface area contributed by atoms with E-state index in [1.54, 1.807) is 0 Å². The van der Waals surface area contributed by atoms with Crippen LogP contribution in [0.15, 0.2) is 16.3 Å². The molecule has 1 aromatic heterocycles. The van der Waals surface area contributed by atoms with Crippen LogP contribution in [0.1, 0.15) is 9.67 Å². The predicted molar refractivity (Wildman–Crippen MR) is 57.4 cm³/mol. The molecule has 0 fully saturated rings. The van der Waals surface area contributed by atoms with E-state index < -0.39 is 39.1 Å². The summed E-state index contributed by atoms with van der Waals surface area (Å²) >= 11 is 0.324. The molecule has 0 aliphatic carbocycles. The van der Waals surface area contributed by atoms with Crippen LogP contribution < -0.4 is 4.72 Å². The number of rotatable bonds is 6. The third kappa shape index (κ3) is 3.88. The zero-order chi connectivity index (χ0) is 14.8. The van der Waals surface area contributed by atoms with Gasteiger partial charge >= 0.3 is 18.3 Å². The monoisotopic (exact) mass is 321 g/mol. The van der Waals surface area contributed by atoms with E-state index in [9.17, 15) is 30.8 Å². The lowest BCUT2D eigenvalue weighted by atomic mass is 10.4. The van der Waals surface area contributed by atoms with Crippen molar-refractivity contribution < 1.29 is 35.9 Å². The Morgan fingerprint density at radius 2 is 2.00 bits per heavy atom. The average Bonchev–Trinajstić information content (AvgIpc) is 2.76. The van der Waals surface area contributed by atoms with Gasteiger partial charge in [0.1, 0.15) is 9.09 Å². The van der Waals surface area contributed by atoms with Crippen LogP contribution in [0.4, 0.5) is 17.6 Å². The highest BCUT2D eigenvalue weighted by atomic mass is 32.2. The topological polar surface area (TPSA) is 83.5 Å². The van der Waals surface area contributed by atoms with Crippen molar-refractivity contribution in [1.82, 2.24) is 4.72 Å². The number of sulfonamides is 1. The molecule has 0 saturated carbocycles. The summed E-state index contributed by atoms with van der Waals surface area (Å²) in [5.74, 6) is -5.88. The van der Waals surface area contributed by atoms with E-state index in [1.165, 1.54) is 4.72 Å². The molecular formula is C8H7F4NO4S2. The molecular weight excluding hydrogens is 314 g/mol. The summed E-state index contributed by atoms with van der Waals surface area (Å²) in [6.07, 6.45) is -4.01. The van der Waals surface area contributed by atoms with E-state index in [2.05, 4.69) is 0 Å². The zero-order valence-corrected chi connectivity index (χ0v) is 10.6. The Balaban J connectivity index is 2.84. The summed E-state index contributed by atoms with van der Waals surface area (Å²) in [6, 6.07) is 1.85. The maximum Gasteiger partial charge on any atom is 0.345 e. The van der Waals surface area contributed by atoms with Crippen LogP contribution in [-0.2, 0) is 10.0 Å². The number of alkyl halides is 4. The van der Waals surface area contributed by atoms with E-state index in [0.29, 0.717) is 11.3 Å². The van der Waals surface area contributed by atoms with Crippen molar-refractivity contribution in [2.24, 2.45) is 0 Å². The van der Waals surface area contributed by atoms with E-state index >= 15 is 0 Å². The van der Waals surface area contributed by atoms with Gasteiger partial charge in [-0.2, -0.15) is 8.78 Å². The maximum atomic E-state index is 12.6. The quantitative estimate of drug-likeness (QED) is 0.780. The number of carboxylic acids is 1. The number of carboxylic acid groups (broad SMARTS) is 1. The Morgan fingerprint density at radius 3 is 2.42 bits per heavy atom. The van der Waals surface area contributed by atoms with Crippen LogP contribution >= 0.6 is 11.3 Å². The molecule has 0 spiro atoms. The third-order valence-corrected chi connectivity index (χ3v) is 4.84. The maximum absolute atomic E-state index is 12.6. The molecule has 0 amide bonds. The van der Waals surface area contributed by atoms with Gasteiger partial charge < -0.3 is 5.11 Å². The second-order valence-corrected chi connectivity index (χ2v) is 6.39. The fraction of sp³-hybridized carbons (Fsp3) is 0.375. The van der Waals surface area contributed by atoms with Gasteiger partial charge in [0.25, 0.3) is 0 Å². The molecule has 0 unspecified atom stereocenters. The van der Waals surface area contributed by atoms with Gasteiger partial charge in [-0.1, -0.05) is 0 Å². The number of halogens is 4. The molecule has 5 nitrogen and oxygen atoms in total. The first-order valence-corrected chi connectivity index (χ1v) is 6.85. The molecule has 0 saturated heterocycles. The molecule has 0 radical (unpaired) electrons. The van der Waals surface area contributed by atoms with Gasteiger partial charge in [0.15, 0.2) is 0 Å². The van der Waals surface area contributed by atoms with Crippen LogP contribution in [0.2, 0.25) is 0 Å². The Labute approximate surface area is 108 Å². The van der Waals surface area contributed by atoms with Gasteiger partial charge in [0.05, 0.1) is 6.54 Å². The van der Waals surface area contributed by atoms with Crippen molar-refractivity contribution in [2.45, 2.75) is 16.6 Å². The fourth-order valence-electron chi connectivity index (χ4n) is 0.919. The highest BCUT2D eigenvalue weighted by Gasteiger charge is 2.41. The number of hydrogen-bond donors (Lipinski definition) is 2. The number of thiophene rings is 1. The van der Waals surface area contributed by atoms with Crippen molar-refractivity contribution in [3.05, 3.63) is 17.0 Å². The SMILES string of the molecule is O=C(O)c1ccc(S(=O)(=O)NCC(F)(F)C(F)F)s1. The molecule has 0 aromatic carbocycles. The second kappa shape index (κ2) is 5.43. The van der Waals surface area contributed by atoms with Crippen LogP contribution in [0.3, 0.4) is 0 Å². The summed E-state index contributed by atoms with van der Waals surface area (Å²) in [5.41, 5.74) is 0. The minimum absolute atomic E-state index is 0.319. The van der Waals surface area contributed by atoms with E-state index in [0.717, 1.165) is 12.1 Å². The van der Waals surface area contributed by atoms with Gasteiger partial charge in [-0.25, -0.2) is 26.7 Å². The molecule has 19 heavy (non-hydrogen) atoms. The summed E-state index contributed by atoms with van der Waals surface area (Å²) < 4.78 is 72.5. The summed E-state index contributed by atoms with van der Waals surface area (Å²) in [6.45, 7) is -1.77. The lowest BCUT2D eigenvalue weighted by Crippen LogP contribution is -2.41. The molecule has 0 aliphatic rings. The fourth-order valence-corrected chi connectivity index (χ4v) is 3.15.